The molecule has 0 spiro atoms. The molecule has 1 aromatic heterocycles. The van der Waals surface area contributed by atoms with Crippen LogP contribution in [0.3, 0.4) is 0 Å². The van der Waals surface area contributed by atoms with Crippen molar-refractivity contribution in [3.8, 4) is 18.1 Å². The van der Waals surface area contributed by atoms with Gasteiger partial charge in [-0.15, -0.1) is 6.42 Å². The van der Waals surface area contributed by atoms with Gasteiger partial charge in [0.05, 0.1) is 13.2 Å². The Hall–Kier alpha value is -2.25. The van der Waals surface area contributed by atoms with E-state index in [4.69, 9.17) is 15.6 Å². The summed E-state index contributed by atoms with van der Waals surface area (Å²) >= 11 is 0. The van der Waals surface area contributed by atoms with Gasteiger partial charge >= 0.3 is 0 Å². The Balaban J connectivity index is 2.42. The van der Waals surface area contributed by atoms with Gasteiger partial charge in [0.25, 0.3) is 0 Å². The fourth-order valence-electron chi connectivity index (χ4n) is 2.10. The maximum Gasteiger partial charge on any atom is 0.176 e. The predicted molar refractivity (Wildman–Crippen MR) is 77.7 cm³/mol. The number of hydrogen-bond donors (Lipinski definition) is 0. The number of terminal acetylenes is 1. The predicted octanol–water partition coefficient (Wildman–Crippen LogP) is 2.64. The molecule has 0 aliphatic heterocycles. The average Bonchev–Trinajstić information content (AvgIpc) is 2.85. The number of rotatable bonds is 6. The Morgan fingerprint density at radius 2 is 2.35 bits per heavy atom. The highest BCUT2D eigenvalue weighted by Gasteiger charge is 2.21. The molecule has 2 rings (SSSR count). The first-order valence-electron chi connectivity index (χ1n) is 6.45. The van der Waals surface area contributed by atoms with E-state index in [2.05, 4.69) is 5.92 Å². The first kappa shape index (κ1) is 14.2. The van der Waals surface area contributed by atoms with Crippen LogP contribution in [0.4, 0.5) is 0 Å². The molecule has 2 aromatic rings. The number of benzene rings is 1. The summed E-state index contributed by atoms with van der Waals surface area (Å²) in [5.74, 6) is 3.77. The first-order valence-corrected chi connectivity index (χ1v) is 6.45. The lowest BCUT2D eigenvalue weighted by molar-refractivity contribution is -0.112. The molecule has 1 unspecified atom stereocenters. The van der Waals surface area contributed by atoms with Gasteiger partial charge in [-0.25, -0.2) is 0 Å². The zero-order valence-corrected chi connectivity index (χ0v) is 11.6. The van der Waals surface area contributed by atoms with Gasteiger partial charge in [-0.3, -0.25) is 4.90 Å². The van der Waals surface area contributed by atoms with Gasteiger partial charge in [-0.05, 0) is 26.1 Å². The second kappa shape index (κ2) is 6.27. The molecule has 1 atom stereocenters. The van der Waals surface area contributed by atoms with Crippen molar-refractivity contribution in [1.29, 1.82) is 0 Å². The fourth-order valence-corrected chi connectivity index (χ4v) is 2.10. The molecule has 0 bridgehead atoms. The maximum atomic E-state index is 11.3. The molecule has 4 nitrogen and oxygen atoms in total. The van der Waals surface area contributed by atoms with E-state index >= 15 is 0 Å². The lowest BCUT2D eigenvalue weighted by Gasteiger charge is -2.18. The molecular weight excluding hydrogens is 254 g/mol. The molecule has 4 heteroatoms. The summed E-state index contributed by atoms with van der Waals surface area (Å²) in [6.07, 6.45) is 6.11. The Labute approximate surface area is 118 Å². The quantitative estimate of drug-likeness (QED) is 0.598. The normalized spacial score (nSPS) is 12.3. The van der Waals surface area contributed by atoms with Crippen molar-refractivity contribution in [3.05, 3.63) is 30.0 Å². The van der Waals surface area contributed by atoms with Gasteiger partial charge in [0.1, 0.15) is 18.1 Å². The van der Waals surface area contributed by atoms with E-state index in [9.17, 15) is 4.79 Å². The third-order valence-electron chi connectivity index (χ3n) is 3.06. The smallest absolute Gasteiger partial charge is 0.176 e. The Morgan fingerprint density at radius 3 is 3.00 bits per heavy atom. The van der Waals surface area contributed by atoms with Crippen LogP contribution in [0.2, 0.25) is 0 Å². The number of hydrogen-bond acceptors (Lipinski definition) is 4. The number of aldehydes is 1. The van der Waals surface area contributed by atoms with Crippen molar-refractivity contribution in [3.63, 3.8) is 0 Å². The molecule has 20 heavy (non-hydrogen) atoms. The molecule has 0 amide bonds. The van der Waals surface area contributed by atoms with E-state index in [0.29, 0.717) is 30.2 Å². The number of carbonyl (C=O) groups excluding carboxylic acids is 1. The van der Waals surface area contributed by atoms with Gasteiger partial charge in [-0.1, -0.05) is 18.1 Å². The Morgan fingerprint density at radius 1 is 1.55 bits per heavy atom. The molecule has 1 aromatic carbocycles. The van der Waals surface area contributed by atoms with Crippen molar-refractivity contribution < 1.29 is 13.9 Å². The number of likely N-dealkylation sites (N-methyl/N-ethyl adjacent to an activating group) is 1. The number of ether oxygens (including phenoxy) is 1. The molecule has 0 saturated carbocycles. The van der Waals surface area contributed by atoms with Gasteiger partial charge in [0.2, 0.25) is 0 Å². The minimum atomic E-state index is -0.493. The summed E-state index contributed by atoms with van der Waals surface area (Å²) in [5, 5.41) is 0.909. The first-order chi connectivity index (χ1) is 9.71. The van der Waals surface area contributed by atoms with E-state index in [1.165, 1.54) is 0 Å². The SMILES string of the molecule is C#CCN(C)C(C=O)c1cc2cccc(OCC)c2o1. The highest BCUT2D eigenvalue weighted by atomic mass is 16.5. The standard InChI is InChI=1S/C16H17NO3/c1-4-9-17(3)13(11-18)15-10-12-7-6-8-14(19-5-2)16(12)20-15/h1,6-8,10-11,13H,5,9H2,2-3H3. The third kappa shape index (κ3) is 2.68. The second-order valence-electron chi connectivity index (χ2n) is 4.46. The van der Waals surface area contributed by atoms with E-state index in [1.54, 1.807) is 11.9 Å². The van der Waals surface area contributed by atoms with Crippen molar-refractivity contribution in [2.24, 2.45) is 0 Å². The lowest BCUT2D eigenvalue weighted by Crippen LogP contribution is -2.25. The lowest BCUT2D eigenvalue weighted by atomic mass is 10.2. The number of nitrogens with zero attached hydrogens (tertiary/aromatic N) is 1. The van der Waals surface area contributed by atoms with E-state index < -0.39 is 6.04 Å². The second-order valence-corrected chi connectivity index (χ2v) is 4.46. The number of carbonyl (C=O) groups is 1. The van der Waals surface area contributed by atoms with Crippen molar-refractivity contribution >= 4 is 17.3 Å². The monoisotopic (exact) mass is 271 g/mol. The summed E-state index contributed by atoms with van der Waals surface area (Å²) in [6.45, 7) is 2.85. The minimum Gasteiger partial charge on any atom is -0.490 e. The molecule has 0 aliphatic carbocycles. The Kier molecular flexibility index (Phi) is 4.44. The maximum absolute atomic E-state index is 11.3. The summed E-state index contributed by atoms with van der Waals surface area (Å²) in [7, 11) is 1.79. The summed E-state index contributed by atoms with van der Waals surface area (Å²) in [5.41, 5.74) is 0.658. The van der Waals surface area contributed by atoms with Crippen LogP contribution in [-0.4, -0.2) is 31.4 Å². The molecule has 0 aliphatic rings. The number of fused-ring (bicyclic) bond motifs is 1. The summed E-state index contributed by atoms with van der Waals surface area (Å²) in [4.78, 5) is 13.1. The zero-order chi connectivity index (χ0) is 14.5. The topological polar surface area (TPSA) is 42.7 Å². The fraction of sp³-hybridized carbons (Fsp3) is 0.312. The van der Waals surface area contributed by atoms with Crippen LogP contribution in [0.15, 0.2) is 28.7 Å². The molecule has 1 heterocycles. The Bertz CT molecular complexity index is 639. The van der Waals surface area contributed by atoms with Crippen molar-refractivity contribution in [2.75, 3.05) is 20.2 Å². The molecule has 0 fully saturated rings. The van der Waals surface area contributed by atoms with E-state index in [-0.39, 0.29) is 0 Å². The van der Waals surface area contributed by atoms with Gasteiger partial charge in [0, 0.05) is 5.39 Å². The highest BCUT2D eigenvalue weighted by molar-refractivity contribution is 5.84. The molecule has 104 valence electrons. The minimum absolute atomic E-state index is 0.374. The molecular formula is C16H17NO3. The largest absolute Gasteiger partial charge is 0.490 e. The average molecular weight is 271 g/mol. The third-order valence-corrected chi connectivity index (χ3v) is 3.06. The van der Waals surface area contributed by atoms with Gasteiger partial charge in [0.15, 0.2) is 11.3 Å². The molecule has 0 saturated heterocycles. The number of furan rings is 1. The van der Waals surface area contributed by atoms with E-state index in [0.717, 1.165) is 11.7 Å². The molecule has 0 N–H and O–H groups in total. The van der Waals surface area contributed by atoms with Crippen LogP contribution in [0.1, 0.15) is 18.7 Å². The van der Waals surface area contributed by atoms with Crippen LogP contribution in [0.25, 0.3) is 11.0 Å². The number of para-hydroxylation sites is 1. The van der Waals surface area contributed by atoms with Crippen LogP contribution >= 0.6 is 0 Å². The summed E-state index contributed by atoms with van der Waals surface area (Å²) in [6, 6.07) is 7.03. The van der Waals surface area contributed by atoms with Crippen molar-refractivity contribution in [1.82, 2.24) is 4.90 Å². The van der Waals surface area contributed by atoms with Crippen LogP contribution < -0.4 is 4.74 Å². The van der Waals surface area contributed by atoms with Gasteiger partial charge < -0.3 is 13.9 Å². The van der Waals surface area contributed by atoms with Crippen LogP contribution in [0, 0.1) is 12.3 Å². The van der Waals surface area contributed by atoms with Crippen LogP contribution in [-0.2, 0) is 4.79 Å². The van der Waals surface area contributed by atoms with Crippen molar-refractivity contribution in [2.45, 2.75) is 13.0 Å². The molecule has 0 radical (unpaired) electrons. The van der Waals surface area contributed by atoms with E-state index in [1.807, 2.05) is 31.2 Å². The van der Waals surface area contributed by atoms with Crippen LogP contribution in [0.5, 0.6) is 5.75 Å². The zero-order valence-electron chi connectivity index (χ0n) is 11.6. The highest BCUT2D eigenvalue weighted by Crippen LogP contribution is 2.32. The summed E-state index contributed by atoms with van der Waals surface area (Å²) < 4.78 is 11.3. The van der Waals surface area contributed by atoms with Gasteiger partial charge in [-0.2, -0.15) is 0 Å².